The van der Waals surface area contributed by atoms with Gasteiger partial charge in [-0.3, -0.25) is 4.98 Å². The summed E-state index contributed by atoms with van der Waals surface area (Å²) in [6.45, 7) is 0. The van der Waals surface area contributed by atoms with Gasteiger partial charge in [-0.15, -0.1) is 0 Å². The number of aromatic nitrogens is 1. The van der Waals surface area contributed by atoms with Crippen molar-refractivity contribution in [3.05, 3.63) is 88.2 Å². The van der Waals surface area contributed by atoms with Gasteiger partial charge in [0, 0.05) is 40.0 Å². The molecule has 0 saturated heterocycles. The van der Waals surface area contributed by atoms with Crippen molar-refractivity contribution < 1.29 is 9.84 Å². The Bertz CT molecular complexity index is 1040. The van der Waals surface area contributed by atoms with Gasteiger partial charge in [0.05, 0.1) is 11.8 Å². The molecular weight excluding hydrogens is 406 g/mol. The van der Waals surface area contributed by atoms with E-state index >= 15 is 0 Å². The molecule has 0 aliphatic carbocycles. The monoisotopic (exact) mass is 421 g/mol. The van der Waals surface area contributed by atoms with Gasteiger partial charge >= 0.3 is 0 Å². The molecule has 0 spiro atoms. The van der Waals surface area contributed by atoms with Crippen LogP contribution in [-0.2, 0) is 0 Å². The molecule has 2 aliphatic rings. The van der Waals surface area contributed by atoms with Crippen molar-refractivity contribution in [3.8, 4) is 11.5 Å². The van der Waals surface area contributed by atoms with E-state index < -0.39 is 0 Å². The van der Waals surface area contributed by atoms with E-state index in [2.05, 4.69) is 27.0 Å². The fourth-order valence-corrected chi connectivity index (χ4v) is 4.06. The average molecular weight is 422 g/mol. The van der Waals surface area contributed by atoms with E-state index in [0.717, 1.165) is 32.6 Å². The first-order chi connectivity index (χ1) is 13.2. The van der Waals surface area contributed by atoms with Crippen LogP contribution < -0.4 is 4.74 Å². The summed E-state index contributed by atoms with van der Waals surface area (Å²) in [5, 5.41) is 17.1. The molecule has 5 nitrogen and oxygen atoms in total. The van der Waals surface area contributed by atoms with Crippen LogP contribution in [0.1, 0.15) is 35.4 Å². The smallest absolute Gasteiger partial charge is 0.215 e. The quantitative estimate of drug-likeness (QED) is 0.645. The first-order valence-corrected chi connectivity index (χ1v) is 9.50. The van der Waals surface area contributed by atoms with Crippen LogP contribution in [0.4, 0.5) is 0 Å². The number of aromatic hydroxyl groups is 1. The minimum absolute atomic E-state index is 0.0334. The van der Waals surface area contributed by atoms with Gasteiger partial charge in [0.1, 0.15) is 11.5 Å². The second kappa shape index (κ2) is 6.39. The van der Waals surface area contributed by atoms with Crippen LogP contribution in [-0.4, -0.2) is 20.8 Å². The van der Waals surface area contributed by atoms with E-state index in [4.69, 9.17) is 9.84 Å². The summed E-state index contributed by atoms with van der Waals surface area (Å²) in [5.74, 6) is 1.09. The van der Waals surface area contributed by atoms with Gasteiger partial charge in [-0.2, -0.15) is 5.10 Å². The lowest BCUT2D eigenvalue weighted by Crippen LogP contribution is -2.33. The number of ether oxygens (including phenoxy) is 1. The maximum atomic E-state index is 10.3. The highest BCUT2D eigenvalue weighted by Crippen LogP contribution is 2.48. The number of halogens is 1. The Morgan fingerprint density at radius 2 is 2.00 bits per heavy atom. The third kappa shape index (κ3) is 2.77. The van der Waals surface area contributed by atoms with Crippen LogP contribution >= 0.6 is 15.9 Å². The number of rotatable bonds is 2. The van der Waals surface area contributed by atoms with Gasteiger partial charge in [0.2, 0.25) is 6.23 Å². The molecule has 1 aromatic heterocycles. The summed E-state index contributed by atoms with van der Waals surface area (Å²) >= 11 is 3.56. The molecule has 6 heteroatoms. The molecule has 2 atom stereocenters. The molecule has 0 amide bonds. The van der Waals surface area contributed by atoms with Gasteiger partial charge in [-0.05, 0) is 36.4 Å². The zero-order chi connectivity index (χ0) is 18.4. The van der Waals surface area contributed by atoms with Crippen molar-refractivity contribution in [3.63, 3.8) is 0 Å². The number of phenols is 1. The lowest BCUT2D eigenvalue weighted by Gasteiger charge is -2.38. The molecule has 0 bridgehead atoms. The molecule has 3 aromatic rings. The molecular formula is C21H16BrN3O2. The predicted octanol–water partition coefficient (Wildman–Crippen LogP) is 4.79. The van der Waals surface area contributed by atoms with Crippen LogP contribution in [0.25, 0.3) is 0 Å². The second-order valence-corrected chi connectivity index (χ2v) is 7.52. The van der Waals surface area contributed by atoms with E-state index in [1.807, 2.05) is 47.5 Å². The van der Waals surface area contributed by atoms with Crippen LogP contribution in [0.3, 0.4) is 0 Å². The van der Waals surface area contributed by atoms with Crippen LogP contribution in [0.15, 0.2) is 76.6 Å². The molecule has 1 N–H and O–H groups in total. The lowest BCUT2D eigenvalue weighted by molar-refractivity contribution is -0.0192. The Labute approximate surface area is 165 Å². The van der Waals surface area contributed by atoms with Gasteiger partial charge in [0.25, 0.3) is 0 Å². The maximum Gasteiger partial charge on any atom is 0.215 e. The molecule has 5 rings (SSSR count). The Morgan fingerprint density at radius 3 is 2.81 bits per heavy atom. The van der Waals surface area contributed by atoms with E-state index in [-0.39, 0.29) is 18.0 Å². The molecule has 2 aliphatic heterocycles. The highest BCUT2D eigenvalue weighted by atomic mass is 79.9. The topological polar surface area (TPSA) is 58.0 Å². The normalized spacial score (nSPS) is 20.5. The number of hydrogen-bond acceptors (Lipinski definition) is 5. The fourth-order valence-electron chi connectivity index (χ4n) is 3.68. The number of fused-ring (bicyclic) bond motifs is 3. The fraction of sp³-hybridized carbons (Fsp3) is 0.143. The lowest BCUT2D eigenvalue weighted by atomic mass is 9.96. The summed E-state index contributed by atoms with van der Waals surface area (Å²) < 4.78 is 7.30. The molecule has 0 saturated carbocycles. The number of hydrazone groups is 1. The number of pyridine rings is 1. The zero-order valence-electron chi connectivity index (χ0n) is 14.3. The zero-order valence-corrected chi connectivity index (χ0v) is 15.9. The summed E-state index contributed by atoms with van der Waals surface area (Å²) in [4.78, 5) is 4.23. The number of phenolic OH excluding ortho intramolecular Hbond substituents is 1. The maximum absolute atomic E-state index is 10.3. The van der Waals surface area contributed by atoms with E-state index in [1.165, 1.54) is 0 Å². The van der Waals surface area contributed by atoms with Crippen molar-refractivity contribution >= 4 is 21.6 Å². The Balaban J connectivity index is 1.63. The largest absolute Gasteiger partial charge is 0.507 e. The Kier molecular flexibility index (Phi) is 3.86. The first kappa shape index (κ1) is 16.3. The highest BCUT2D eigenvalue weighted by molar-refractivity contribution is 9.10. The van der Waals surface area contributed by atoms with Gasteiger partial charge < -0.3 is 9.84 Å². The standard InChI is InChI=1S/C21H16BrN3O2/c22-14-7-8-20-16(10-14)18-11-17(15-5-1-2-6-19(15)26)24-25(18)21(27-20)13-4-3-9-23-12-13/h1-10,12,18,21,26H,11H2. The van der Waals surface area contributed by atoms with Crippen LogP contribution in [0.5, 0.6) is 11.5 Å². The molecule has 3 heterocycles. The molecule has 27 heavy (non-hydrogen) atoms. The molecule has 2 unspecified atom stereocenters. The Hall–Kier alpha value is -2.86. The summed E-state index contributed by atoms with van der Waals surface area (Å²) in [6, 6.07) is 17.3. The van der Waals surface area contributed by atoms with Gasteiger partial charge in [-0.25, -0.2) is 5.01 Å². The third-order valence-electron chi connectivity index (χ3n) is 4.94. The van der Waals surface area contributed by atoms with Crippen molar-refractivity contribution in [1.29, 1.82) is 0 Å². The van der Waals surface area contributed by atoms with Gasteiger partial charge in [-0.1, -0.05) is 34.1 Å². The van der Waals surface area contributed by atoms with E-state index in [9.17, 15) is 5.11 Å². The van der Waals surface area contributed by atoms with Crippen LogP contribution in [0.2, 0.25) is 0 Å². The summed E-state index contributed by atoms with van der Waals surface area (Å²) in [7, 11) is 0. The molecule has 0 fully saturated rings. The summed E-state index contributed by atoms with van der Waals surface area (Å²) in [6.07, 6.45) is 3.89. The van der Waals surface area contributed by atoms with Crippen molar-refractivity contribution in [2.75, 3.05) is 0 Å². The van der Waals surface area contributed by atoms with E-state index in [1.54, 1.807) is 18.5 Å². The predicted molar refractivity (Wildman–Crippen MR) is 106 cm³/mol. The highest BCUT2D eigenvalue weighted by Gasteiger charge is 2.41. The summed E-state index contributed by atoms with van der Waals surface area (Å²) in [5.41, 5.74) is 3.63. The molecule has 2 aromatic carbocycles. The minimum atomic E-state index is -0.360. The number of para-hydroxylation sites is 1. The number of benzene rings is 2. The second-order valence-electron chi connectivity index (χ2n) is 6.60. The SMILES string of the molecule is Oc1ccccc1C1=NN2C(C1)c1cc(Br)ccc1OC2c1cccnc1. The third-order valence-corrected chi connectivity index (χ3v) is 5.43. The van der Waals surface area contributed by atoms with Crippen molar-refractivity contribution in [2.45, 2.75) is 18.7 Å². The Morgan fingerprint density at radius 1 is 1.11 bits per heavy atom. The molecule has 0 radical (unpaired) electrons. The number of hydrogen-bond donors (Lipinski definition) is 1. The first-order valence-electron chi connectivity index (χ1n) is 8.71. The van der Waals surface area contributed by atoms with Gasteiger partial charge in [0.15, 0.2) is 0 Å². The van der Waals surface area contributed by atoms with E-state index in [0.29, 0.717) is 6.42 Å². The van der Waals surface area contributed by atoms with Crippen molar-refractivity contribution in [2.24, 2.45) is 5.10 Å². The number of nitrogens with zero attached hydrogens (tertiary/aromatic N) is 3. The van der Waals surface area contributed by atoms with Crippen LogP contribution in [0, 0.1) is 0 Å². The average Bonchev–Trinajstić information content (AvgIpc) is 3.14. The minimum Gasteiger partial charge on any atom is -0.507 e. The van der Waals surface area contributed by atoms with Crippen molar-refractivity contribution in [1.82, 2.24) is 9.99 Å². The molecule has 134 valence electrons.